The number of rotatable bonds is 6. The number of aryl methyl sites for hydroxylation is 1. The minimum absolute atomic E-state index is 0.125. The maximum atomic E-state index is 15.0. The van der Waals surface area contributed by atoms with Crippen molar-refractivity contribution in [1.29, 1.82) is 0 Å². The fourth-order valence-electron chi connectivity index (χ4n) is 4.70. The summed E-state index contributed by atoms with van der Waals surface area (Å²) < 4.78 is 16.8. The van der Waals surface area contributed by atoms with Gasteiger partial charge in [-0.05, 0) is 41.3 Å². The zero-order chi connectivity index (χ0) is 24.4. The highest BCUT2D eigenvalue weighted by Crippen LogP contribution is 2.40. The fourth-order valence-corrected chi connectivity index (χ4v) is 4.70. The first kappa shape index (κ1) is 22.8. The molecular formula is C29H24BFN2O2. The third kappa shape index (κ3) is 3.97. The van der Waals surface area contributed by atoms with Crippen LogP contribution in [0.4, 0.5) is 4.39 Å². The Balaban J connectivity index is 1.88. The summed E-state index contributed by atoms with van der Waals surface area (Å²) in [5.41, 5.74) is 3.11. The van der Waals surface area contributed by atoms with E-state index in [2.05, 4.69) is 0 Å². The minimum atomic E-state index is -1.83. The van der Waals surface area contributed by atoms with Crippen molar-refractivity contribution in [2.24, 2.45) is 0 Å². The Bertz CT molecular complexity index is 1340. The molecule has 35 heavy (non-hydrogen) atoms. The van der Waals surface area contributed by atoms with Gasteiger partial charge in [-0.3, -0.25) is 4.68 Å². The lowest BCUT2D eigenvalue weighted by atomic mass is 9.76. The van der Waals surface area contributed by atoms with Gasteiger partial charge in [-0.1, -0.05) is 97.1 Å². The van der Waals surface area contributed by atoms with E-state index < -0.39 is 18.5 Å². The van der Waals surface area contributed by atoms with E-state index in [1.165, 1.54) is 6.07 Å². The van der Waals surface area contributed by atoms with Gasteiger partial charge in [0.05, 0.1) is 5.69 Å². The van der Waals surface area contributed by atoms with Gasteiger partial charge in [0.1, 0.15) is 11.4 Å². The van der Waals surface area contributed by atoms with Crippen LogP contribution in [-0.2, 0) is 5.54 Å². The van der Waals surface area contributed by atoms with Gasteiger partial charge in [0.15, 0.2) is 0 Å². The summed E-state index contributed by atoms with van der Waals surface area (Å²) in [7, 11) is -1.83. The first-order valence-electron chi connectivity index (χ1n) is 11.4. The molecule has 1 aromatic heterocycles. The zero-order valence-corrected chi connectivity index (χ0v) is 19.2. The van der Waals surface area contributed by atoms with Crippen LogP contribution >= 0.6 is 0 Å². The third-order valence-electron chi connectivity index (χ3n) is 6.32. The first-order valence-corrected chi connectivity index (χ1v) is 11.4. The van der Waals surface area contributed by atoms with Crippen molar-refractivity contribution in [3.8, 4) is 11.3 Å². The molecule has 0 aliphatic heterocycles. The van der Waals surface area contributed by atoms with Crippen molar-refractivity contribution in [2.75, 3.05) is 0 Å². The Morgan fingerprint density at radius 1 is 0.743 bits per heavy atom. The van der Waals surface area contributed by atoms with Crippen molar-refractivity contribution < 1.29 is 14.4 Å². The first-order chi connectivity index (χ1) is 17.0. The second-order valence-electron chi connectivity index (χ2n) is 8.54. The van der Waals surface area contributed by atoms with Crippen molar-refractivity contribution in [2.45, 2.75) is 12.5 Å². The van der Waals surface area contributed by atoms with Gasteiger partial charge in [0.25, 0.3) is 0 Å². The quantitative estimate of drug-likeness (QED) is 0.288. The molecule has 0 aliphatic rings. The van der Waals surface area contributed by atoms with Gasteiger partial charge in [-0.2, -0.15) is 5.10 Å². The van der Waals surface area contributed by atoms with Crippen LogP contribution in [-0.4, -0.2) is 26.9 Å². The number of halogens is 1. The van der Waals surface area contributed by atoms with E-state index in [1.807, 2.05) is 91.0 Å². The summed E-state index contributed by atoms with van der Waals surface area (Å²) in [5.74, 6) is -0.470. The highest BCUT2D eigenvalue weighted by Gasteiger charge is 2.41. The highest BCUT2D eigenvalue weighted by atomic mass is 19.1. The molecule has 0 amide bonds. The Morgan fingerprint density at radius 3 is 1.66 bits per heavy atom. The summed E-state index contributed by atoms with van der Waals surface area (Å²) in [6.07, 6.45) is 1.60. The maximum absolute atomic E-state index is 15.0. The molecule has 0 fully saturated rings. The zero-order valence-electron chi connectivity index (χ0n) is 19.2. The average Bonchev–Trinajstić information content (AvgIpc) is 3.32. The van der Waals surface area contributed by atoms with E-state index in [1.54, 1.807) is 29.9 Å². The Hall–Kier alpha value is -4.00. The molecule has 6 heteroatoms. The largest absolute Gasteiger partial charge is 0.492 e. The van der Waals surface area contributed by atoms with Crippen LogP contribution in [0.3, 0.4) is 0 Å². The van der Waals surface area contributed by atoms with E-state index in [0.717, 1.165) is 22.3 Å². The molecule has 2 N–H and O–H groups in total. The van der Waals surface area contributed by atoms with Gasteiger partial charge in [0.2, 0.25) is 0 Å². The van der Waals surface area contributed by atoms with Crippen molar-refractivity contribution in [1.82, 2.24) is 9.78 Å². The average molecular weight is 462 g/mol. The van der Waals surface area contributed by atoms with Crippen LogP contribution in [0, 0.1) is 12.7 Å². The molecule has 1 heterocycles. The van der Waals surface area contributed by atoms with Crippen LogP contribution in [0.5, 0.6) is 0 Å². The number of nitrogens with zero attached hydrogens (tertiary/aromatic N) is 2. The molecule has 4 aromatic carbocycles. The molecule has 0 spiro atoms. The molecule has 5 aromatic rings. The SMILES string of the molecule is Cc1ccc(-c2nn(C(c3ccccc3)(c3ccccc3)c3ccccc3)cc2B(O)O)c(F)c1. The molecule has 0 unspecified atom stereocenters. The molecule has 172 valence electrons. The van der Waals surface area contributed by atoms with Crippen LogP contribution in [0.25, 0.3) is 11.3 Å². The van der Waals surface area contributed by atoms with Gasteiger partial charge >= 0.3 is 7.12 Å². The predicted octanol–water partition coefficient (Wildman–Crippen LogP) is 4.52. The van der Waals surface area contributed by atoms with Crippen LogP contribution in [0.15, 0.2) is 115 Å². The van der Waals surface area contributed by atoms with Crippen LogP contribution in [0.1, 0.15) is 22.3 Å². The van der Waals surface area contributed by atoms with Crippen molar-refractivity contribution in [3.63, 3.8) is 0 Å². The summed E-state index contributed by atoms with van der Waals surface area (Å²) in [6.45, 7) is 1.80. The molecule has 0 bridgehead atoms. The number of hydrogen-bond donors (Lipinski definition) is 2. The lowest BCUT2D eigenvalue weighted by Gasteiger charge is -2.36. The summed E-state index contributed by atoms with van der Waals surface area (Å²) in [6, 6.07) is 34.5. The lowest BCUT2D eigenvalue weighted by molar-refractivity contribution is 0.425. The summed E-state index contributed by atoms with van der Waals surface area (Å²) in [5, 5.41) is 25.4. The van der Waals surface area contributed by atoms with E-state index >= 15 is 4.39 Å². The van der Waals surface area contributed by atoms with Gasteiger partial charge in [-0.25, -0.2) is 4.39 Å². The monoisotopic (exact) mass is 462 g/mol. The molecule has 0 atom stereocenters. The summed E-state index contributed by atoms with van der Waals surface area (Å²) >= 11 is 0. The van der Waals surface area contributed by atoms with E-state index in [-0.39, 0.29) is 16.7 Å². The second-order valence-corrected chi connectivity index (χ2v) is 8.54. The lowest BCUT2D eigenvalue weighted by Crippen LogP contribution is -2.39. The number of benzene rings is 4. The molecule has 0 saturated carbocycles. The Kier molecular flexibility index (Phi) is 6.07. The highest BCUT2D eigenvalue weighted by molar-refractivity contribution is 6.60. The number of aromatic nitrogens is 2. The predicted molar refractivity (Wildman–Crippen MR) is 137 cm³/mol. The van der Waals surface area contributed by atoms with Gasteiger partial charge in [0, 0.05) is 17.2 Å². The minimum Gasteiger partial charge on any atom is -0.423 e. The van der Waals surface area contributed by atoms with Crippen LogP contribution in [0.2, 0.25) is 0 Å². The van der Waals surface area contributed by atoms with Gasteiger partial charge < -0.3 is 10.0 Å². The van der Waals surface area contributed by atoms with Gasteiger partial charge in [-0.15, -0.1) is 0 Å². The van der Waals surface area contributed by atoms with Crippen molar-refractivity contribution >= 4 is 12.6 Å². The van der Waals surface area contributed by atoms with E-state index in [9.17, 15) is 10.0 Å². The molecule has 0 radical (unpaired) electrons. The fraction of sp³-hybridized carbons (Fsp3) is 0.0690. The smallest absolute Gasteiger partial charge is 0.423 e. The number of hydrogen-bond acceptors (Lipinski definition) is 3. The topological polar surface area (TPSA) is 58.3 Å². The molecule has 0 aliphatic carbocycles. The third-order valence-corrected chi connectivity index (χ3v) is 6.32. The van der Waals surface area contributed by atoms with Crippen LogP contribution < -0.4 is 5.46 Å². The molecular weight excluding hydrogens is 438 g/mol. The van der Waals surface area contributed by atoms with Crippen molar-refractivity contribution in [3.05, 3.63) is 143 Å². The Morgan fingerprint density at radius 2 is 1.23 bits per heavy atom. The summed E-state index contributed by atoms with van der Waals surface area (Å²) in [4.78, 5) is 0. The maximum Gasteiger partial charge on any atom is 0.492 e. The Labute approximate surface area is 204 Å². The van der Waals surface area contributed by atoms with E-state index in [4.69, 9.17) is 5.10 Å². The molecule has 0 saturated heterocycles. The molecule has 5 rings (SSSR count). The molecule has 4 nitrogen and oxygen atoms in total. The normalized spacial score (nSPS) is 11.4. The standard InChI is InChI=1S/C29H24BFN2O2/c1-21-17-18-25(27(31)19-21)28-26(30(34)35)20-33(32-28)29(22-11-5-2-6-12-22,23-13-7-3-8-14-23)24-15-9-4-10-16-24/h2-20,34-35H,1H3. The van der Waals surface area contributed by atoms with E-state index in [0.29, 0.717) is 0 Å². The second kappa shape index (κ2) is 9.33.